The third-order valence-electron chi connectivity index (χ3n) is 2.35. The van der Waals surface area contributed by atoms with Crippen molar-refractivity contribution in [2.24, 2.45) is 0 Å². The fourth-order valence-electron chi connectivity index (χ4n) is 1.49. The zero-order valence-electron chi connectivity index (χ0n) is 9.74. The lowest BCUT2D eigenvalue weighted by Gasteiger charge is -2.17. The molecule has 0 heterocycles. The van der Waals surface area contributed by atoms with Gasteiger partial charge in [0.05, 0.1) is 12.5 Å². The van der Waals surface area contributed by atoms with Crippen LogP contribution in [0.1, 0.15) is 5.56 Å². The molecular weight excluding hydrogens is 235 g/mol. The Morgan fingerprint density at radius 2 is 2.00 bits per heavy atom. The summed E-state index contributed by atoms with van der Waals surface area (Å²) in [5.41, 5.74) is 0.874. The van der Waals surface area contributed by atoms with Gasteiger partial charge in [-0.3, -0.25) is 9.59 Å². The zero-order chi connectivity index (χ0) is 13.4. The van der Waals surface area contributed by atoms with E-state index in [1.807, 2.05) is 30.3 Å². The molecule has 18 heavy (non-hydrogen) atoms. The van der Waals surface area contributed by atoms with Crippen molar-refractivity contribution in [3.8, 4) is 0 Å². The van der Waals surface area contributed by atoms with Crippen LogP contribution in [0.5, 0.6) is 0 Å². The SMILES string of the molecule is O=CNCC(=O)N[C@@H](Cc1ccccc1)B(O)O. The second-order valence-corrected chi connectivity index (χ2v) is 3.78. The first-order chi connectivity index (χ1) is 8.63. The quantitative estimate of drug-likeness (QED) is 0.348. The number of carbonyl (C=O) groups excluding carboxylic acids is 2. The molecule has 6 nitrogen and oxygen atoms in total. The first-order valence-electron chi connectivity index (χ1n) is 5.50. The van der Waals surface area contributed by atoms with Gasteiger partial charge in [0, 0.05) is 0 Å². The Labute approximate surface area is 105 Å². The lowest BCUT2D eigenvalue weighted by atomic mass is 9.76. The van der Waals surface area contributed by atoms with E-state index < -0.39 is 19.0 Å². The Morgan fingerprint density at radius 3 is 2.56 bits per heavy atom. The number of hydrogen-bond donors (Lipinski definition) is 4. The second-order valence-electron chi connectivity index (χ2n) is 3.78. The molecule has 1 aromatic rings. The lowest BCUT2D eigenvalue weighted by molar-refractivity contribution is -0.122. The summed E-state index contributed by atoms with van der Waals surface area (Å²) in [6.07, 6.45) is 0.701. The van der Waals surface area contributed by atoms with Crippen LogP contribution in [0.3, 0.4) is 0 Å². The van der Waals surface area contributed by atoms with Crippen LogP contribution < -0.4 is 10.6 Å². The molecule has 96 valence electrons. The molecule has 1 aromatic carbocycles. The van der Waals surface area contributed by atoms with Crippen LogP contribution >= 0.6 is 0 Å². The van der Waals surface area contributed by atoms with Gasteiger partial charge in [-0.25, -0.2) is 0 Å². The third-order valence-corrected chi connectivity index (χ3v) is 2.35. The highest BCUT2D eigenvalue weighted by molar-refractivity contribution is 6.43. The van der Waals surface area contributed by atoms with E-state index in [0.29, 0.717) is 12.8 Å². The maximum absolute atomic E-state index is 11.4. The van der Waals surface area contributed by atoms with Crippen LogP contribution in [-0.4, -0.2) is 42.0 Å². The molecule has 0 fully saturated rings. The number of amides is 2. The summed E-state index contributed by atoms with van der Waals surface area (Å²) < 4.78 is 0. The first-order valence-corrected chi connectivity index (χ1v) is 5.50. The van der Waals surface area contributed by atoms with Crippen molar-refractivity contribution in [3.05, 3.63) is 35.9 Å². The van der Waals surface area contributed by atoms with Crippen LogP contribution in [0.25, 0.3) is 0 Å². The summed E-state index contributed by atoms with van der Waals surface area (Å²) in [6, 6.07) is 9.15. The third kappa shape index (κ3) is 4.98. The summed E-state index contributed by atoms with van der Waals surface area (Å²) in [5, 5.41) is 23.0. The Bertz CT molecular complexity index is 386. The monoisotopic (exact) mass is 250 g/mol. The van der Waals surface area contributed by atoms with Crippen LogP contribution in [0.4, 0.5) is 0 Å². The van der Waals surface area contributed by atoms with Gasteiger partial charge in [0.2, 0.25) is 12.3 Å². The fraction of sp³-hybridized carbons (Fsp3) is 0.273. The van der Waals surface area contributed by atoms with Gasteiger partial charge in [0.15, 0.2) is 0 Å². The maximum atomic E-state index is 11.4. The number of benzene rings is 1. The number of nitrogens with one attached hydrogen (secondary N) is 2. The van der Waals surface area contributed by atoms with Gasteiger partial charge in [-0.15, -0.1) is 0 Å². The Kier molecular flexibility index (Phi) is 5.89. The molecule has 0 aromatic heterocycles. The Balaban J connectivity index is 2.55. The fourth-order valence-corrected chi connectivity index (χ4v) is 1.49. The van der Waals surface area contributed by atoms with Crippen molar-refractivity contribution in [2.45, 2.75) is 12.4 Å². The molecule has 0 bridgehead atoms. The molecule has 0 radical (unpaired) electrons. The second kappa shape index (κ2) is 7.47. The Morgan fingerprint density at radius 1 is 1.33 bits per heavy atom. The van der Waals surface area contributed by atoms with Crippen molar-refractivity contribution in [3.63, 3.8) is 0 Å². The molecule has 0 aliphatic rings. The van der Waals surface area contributed by atoms with Gasteiger partial charge in [-0.1, -0.05) is 30.3 Å². The smallest absolute Gasteiger partial charge is 0.426 e. The summed E-state index contributed by atoms with van der Waals surface area (Å²) in [5.74, 6) is -1.29. The maximum Gasteiger partial charge on any atom is 0.475 e. The number of hydrogen-bond acceptors (Lipinski definition) is 4. The van der Waals surface area contributed by atoms with Crippen LogP contribution in [-0.2, 0) is 16.0 Å². The molecular formula is C11H15BN2O4. The topological polar surface area (TPSA) is 98.7 Å². The zero-order valence-corrected chi connectivity index (χ0v) is 9.74. The highest BCUT2D eigenvalue weighted by Gasteiger charge is 2.25. The molecule has 0 aliphatic carbocycles. The van der Waals surface area contributed by atoms with Gasteiger partial charge in [0.25, 0.3) is 0 Å². The molecule has 1 rings (SSSR count). The summed E-state index contributed by atoms with van der Waals surface area (Å²) >= 11 is 0. The summed E-state index contributed by atoms with van der Waals surface area (Å²) in [4.78, 5) is 21.4. The standard InChI is InChI=1S/C11H15BN2O4/c15-8-13-7-11(16)14-10(12(17)18)6-9-4-2-1-3-5-9/h1-5,8,10,17-18H,6-7H2,(H,13,15)(H,14,16)/t10-/m0/s1. The van der Waals surface area contributed by atoms with E-state index >= 15 is 0 Å². The molecule has 0 saturated heterocycles. The predicted molar refractivity (Wildman–Crippen MR) is 66.3 cm³/mol. The largest absolute Gasteiger partial charge is 0.475 e. The minimum absolute atomic E-state index is 0.193. The van der Waals surface area contributed by atoms with Crippen molar-refractivity contribution in [1.29, 1.82) is 0 Å². The van der Waals surface area contributed by atoms with Gasteiger partial charge >= 0.3 is 7.12 Å². The van der Waals surface area contributed by atoms with Crippen LogP contribution in [0.2, 0.25) is 0 Å². The number of rotatable bonds is 7. The molecule has 0 saturated carbocycles. The first kappa shape index (κ1) is 14.2. The van der Waals surface area contributed by atoms with Crippen molar-refractivity contribution in [1.82, 2.24) is 10.6 Å². The van der Waals surface area contributed by atoms with E-state index in [-0.39, 0.29) is 6.54 Å². The van der Waals surface area contributed by atoms with E-state index in [4.69, 9.17) is 0 Å². The van der Waals surface area contributed by atoms with E-state index in [1.165, 1.54) is 0 Å². The van der Waals surface area contributed by atoms with E-state index in [1.54, 1.807) is 0 Å². The van der Waals surface area contributed by atoms with E-state index in [9.17, 15) is 19.6 Å². The normalized spacial score (nSPS) is 11.4. The van der Waals surface area contributed by atoms with Gasteiger partial charge < -0.3 is 20.7 Å². The van der Waals surface area contributed by atoms with Gasteiger partial charge in [0.1, 0.15) is 0 Å². The van der Waals surface area contributed by atoms with Gasteiger partial charge in [-0.05, 0) is 12.0 Å². The molecule has 0 spiro atoms. The summed E-state index contributed by atoms with van der Waals surface area (Å²) in [7, 11) is -1.66. The highest BCUT2D eigenvalue weighted by atomic mass is 16.4. The van der Waals surface area contributed by atoms with Crippen molar-refractivity contribution < 1.29 is 19.6 Å². The molecule has 4 N–H and O–H groups in total. The molecule has 2 amide bonds. The average Bonchev–Trinajstić information content (AvgIpc) is 2.36. The Hall–Kier alpha value is -1.86. The average molecular weight is 250 g/mol. The lowest BCUT2D eigenvalue weighted by Crippen LogP contribution is -2.50. The molecule has 1 atom stereocenters. The van der Waals surface area contributed by atoms with E-state index in [2.05, 4.69) is 10.6 Å². The molecule has 0 aliphatic heterocycles. The van der Waals surface area contributed by atoms with Crippen molar-refractivity contribution >= 4 is 19.4 Å². The van der Waals surface area contributed by atoms with E-state index in [0.717, 1.165) is 5.56 Å². The molecule has 7 heteroatoms. The summed E-state index contributed by atoms with van der Waals surface area (Å²) in [6.45, 7) is -0.193. The minimum atomic E-state index is -1.66. The van der Waals surface area contributed by atoms with Crippen LogP contribution in [0.15, 0.2) is 30.3 Å². The predicted octanol–water partition coefficient (Wildman–Crippen LogP) is -1.53. The minimum Gasteiger partial charge on any atom is -0.426 e. The van der Waals surface area contributed by atoms with Gasteiger partial charge in [-0.2, -0.15) is 0 Å². The van der Waals surface area contributed by atoms with Crippen molar-refractivity contribution in [2.75, 3.05) is 6.54 Å². The number of carbonyl (C=O) groups is 2. The van der Waals surface area contributed by atoms with Crippen LogP contribution in [0, 0.1) is 0 Å². The highest BCUT2D eigenvalue weighted by Crippen LogP contribution is 2.03. The molecule has 0 unspecified atom stereocenters.